The van der Waals surface area contributed by atoms with Crippen LogP contribution in [0.2, 0.25) is 0 Å². The molecule has 0 N–H and O–H groups in total. The van der Waals surface area contributed by atoms with Gasteiger partial charge in [0.1, 0.15) is 6.29 Å². The van der Waals surface area contributed by atoms with Gasteiger partial charge in [-0.05, 0) is 32.6 Å². The molecule has 0 aromatic rings. The second-order valence-electron chi connectivity index (χ2n) is 6.51. The first kappa shape index (κ1) is 38.4. The van der Waals surface area contributed by atoms with Crippen molar-refractivity contribution in [3.8, 4) is 12.3 Å². The van der Waals surface area contributed by atoms with Crippen LogP contribution in [0.3, 0.4) is 0 Å². The molecule has 2 saturated carbocycles. The third-order valence-corrected chi connectivity index (χ3v) is 5.75. The molecule has 0 bridgehead atoms. The molecule has 30 heavy (non-hydrogen) atoms. The van der Waals surface area contributed by atoms with Crippen LogP contribution < -0.4 is 108 Å². The molecule has 0 radical (unpaired) electrons. The van der Waals surface area contributed by atoms with Gasteiger partial charge in [-0.15, -0.1) is 12.3 Å². The molecule has 160 valence electrons. The van der Waals surface area contributed by atoms with Crippen LogP contribution >= 0.6 is 7.60 Å². The van der Waals surface area contributed by atoms with Crippen molar-refractivity contribution in [1.82, 2.24) is 0 Å². The van der Waals surface area contributed by atoms with Crippen LogP contribution in [0.25, 0.3) is 5.53 Å². The Morgan fingerprint density at radius 2 is 1.60 bits per heavy atom. The van der Waals surface area contributed by atoms with Crippen LogP contribution in [0.5, 0.6) is 0 Å². The van der Waals surface area contributed by atoms with Crippen molar-refractivity contribution in [2.24, 2.45) is 10.8 Å². The zero-order valence-corrected chi connectivity index (χ0v) is 25.8. The Bertz CT molecular complexity index is 680. The van der Waals surface area contributed by atoms with Crippen molar-refractivity contribution in [2.45, 2.75) is 46.5 Å². The molecular weight excluding hydrogens is 469 g/mol. The summed E-state index contributed by atoms with van der Waals surface area (Å²) in [6, 6.07) is 0. The maximum absolute atomic E-state index is 11.4. The maximum atomic E-state index is 11.4. The third-order valence-electron chi connectivity index (χ3n) is 3.86. The molecule has 0 unspecified atom stereocenters. The molecule has 2 fully saturated rings. The summed E-state index contributed by atoms with van der Waals surface area (Å²) in [5, 5.41) is 8.43. The van der Waals surface area contributed by atoms with E-state index < -0.39 is 18.8 Å². The normalized spacial score (nSPS) is 15.2. The second kappa shape index (κ2) is 19.6. The Hall–Kier alpha value is 1.13. The summed E-state index contributed by atoms with van der Waals surface area (Å²) in [5.41, 5.74) is 8.16. The fourth-order valence-electron chi connectivity index (χ4n) is 1.21. The average Bonchev–Trinajstić information content (AvgIpc) is 3.62. The van der Waals surface area contributed by atoms with Crippen LogP contribution in [-0.2, 0) is 32.9 Å². The number of nitrogens with zero attached hydrogens (tertiary/aromatic N) is 2. The van der Waals surface area contributed by atoms with E-state index in [-0.39, 0.29) is 116 Å². The average molecular weight is 497 g/mol. The second-order valence-corrected chi connectivity index (χ2v) is 8.66. The third kappa shape index (κ3) is 17.7. The van der Waals surface area contributed by atoms with Crippen molar-refractivity contribution in [2.75, 3.05) is 14.2 Å². The van der Waals surface area contributed by atoms with E-state index in [1.807, 2.05) is 6.92 Å². The van der Waals surface area contributed by atoms with E-state index >= 15 is 0 Å². The summed E-state index contributed by atoms with van der Waals surface area (Å²) in [6.07, 6.45) is 10.9. The van der Waals surface area contributed by atoms with E-state index in [9.17, 15) is 14.2 Å². The molecule has 10 nitrogen and oxygen atoms in total. The Labute approximate surface area is 264 Å². The molecule has 0 heterocycles. The predicted molar refractivity (Wildman–Crippen MR) is 98.8 cm³/mol. The molecule has 13 heteroatoms. The first-order chi connectivity index (χ1) is 13.0. The van der Waals surface area contributed by atoms with Gasteiger partial charge in [0.05, 0.1) is 0 Å². The maximum Gasteiger partial charge on any atom is 1.00 e. The van der Waals surface area contributed by atoms with Gasteiger partial charge in [-0.3, -0.25) is 9.59 Å². The topological polar surface area (TPSA) is 155 Å². The van der Waals surface area contributed by atoms with Crippen molar-refractivity contribution < 1.29 is 147 Å². The number of carbonyl (C=O) groups excluding carboxylic acids is 3. The number of hydrogen-bond acceptors (Lipinski definition) is 8. The Balaban J connectivity index is -0.000000101. The summed E-state index contributed by atoms with van der Waals surface area (Å²) in [6.45, 7) is 5.02. The fourth-order valence-corrected chi connectivity index (χ4v) is 2.20. The Morgan fingerprint density at radius 1 is 1.20 bits per heavy atom. The molecule has 0 amide bonds. The molecule has 0 aliphatic heterocycles. The first-order valence-electron chi connectivity index (χ1n) is 8.08. The molecular formula is C17H27K2N2O8P. The smallest absolute Gasteiger partial charge is 1.00 e. The summed E-state index contributed by atoms with van der Waals surface area (Å²) < 4.78 is 20.2. The molecule has 0 saturated heterocycles. The number of Topliss-reactive ketones (excluding diaryl/α,β-unsaturated/α-hetero) is 1. The molecule has 0 aromatic heterocycles. The number of hydrogen-bond donors (Lipinski definition) is 0. The minimum absolute atomic E-state index is 0. The quantitative estimate of drug-likeness (QED) is 0.0411. The Kier molecular flexibility index (Phi) is 25.1. The molecule has 2 rings (SSSR count). The standard InChI is InChI=1S/C6H8.C5H9N2O4P.C5H8O.CH2O3.2K.H/c1-3-6(2)4-5-6;1-4(8)5(7-6)12(9,10-2)11-3;1-5(4-6)2-3-5;2-1-4-3;;;/h1H,4-5H2,2H3;1-3H3;4H,2-3H2,1H3;1,3H;;;/q;;;;2*+1;-1/p-1. The van der Waals surface area contributed by atoms with Crippen molar-refractivity contribution in [1.29, 1.82) is 0 Å². The molecule has 0 aromatic carbocycles. The van der Waals surface area contributed by atoms with Gasteiger partial charge in [-0.1, -0.05) is 6.92 Å². The monoisotopic (exact) mass is 496 g/mol. The fraction of sp³-hybridized carbons (Fsp3) is 0.647. The zero-order chi connectivity index (χ0) is 22.4. The molecule has 0 atom stereocenters. The van der Waals surface area contributed by atoms with Gasteiger partial charge in [-0.25, -0.2) is 4.57 Å². The van der Waals surface area contributed by atoms with Crippen LogP contribution in [-0.4, -0.2) is 43.0 Å². The molecule has 2 aliphatic rings. The molecule has 2 aliphatic carbocycles. The number of rotatable bonds is 6. The summed E-state index contributed by atoms with van der Waals surface area (Å²) >= 11 is 0. The summed E-state index contributed by atoms with van der Waals surface area (Å²) in [7, 11) is -1.51. The predicted octanol–water partition coefficient (Wildman–Crippen LogP) is -4.35. The van der Waals surface area contributed by atoms with E-state index in [1.165, 1.54) is 12.8 Å². The molecule has 0 spiro atoms. The van der Waals surface area contributed by atoms with Crippen LogP contribution in [0, 0.1) is 23.2 Å². The van der Waals surface area contributed by atoms with Gasteiger partial charge in [0.15, 0.2) is 0 Å². The minimum atomic E-state index is -3.70. The van der Waals surface area contributed by atoms with Crippen LogP contribution in [0.1, 0.15) is 47.9 Å². The SMILES string of the molecule is C#CC1(C)CC1.CC1(C=O)CC1.COP(=O)(OC)C(=[N+]=[N-])C(C)=O.O=CO[O-].[H-].[K+].[K+]. The largest absolute Gasteiger partial charge is 1.00 e. The van der Waals surface area contributed by atoms with Gasteiger partial charge < -0.3 is 30.9 Å². The van der Waals surface area contributed by atoms with E-state index in [2.05, 4.69) is 31.6 Å². The number of aldehydes is 1. The van der Waals surface area contributed by atoms with E-state index in [1.54, 1.807) is 0 Å². The minimum Gasteiger partial charge on any atom is -1.00 e. The van der Waals surface area contributed by atoms with Crippen LogP contribution in [0.15, 0.2) is 0 Å². The Morgan fingerprint density at radius 3 is 1.63 bits per heavy atom. The number of ketones is 1. The van der Waals surface area contributed by atoms with E-state index in [4.69, 9.17) is 22.0 Å². The van der Waals surface area contributed by atoms with Crippen molar-refractivity contribution in [3.05, 3.63) is 5.53 Å². The van der Waals surface area contributed by atoms with E-state index in [0.29, 0.717) is 5.41 Å². The van der Waals surface area contributed by atoms with Crippen molar-refractivity contribution >= 4 is 31.6 Å². The van der Waals surface area contributed by atoms with Gasteiger partial charge in [-0.2, -0.15) is 4.79 Å². The summed E-state index contributed by atoms with van der Waals surface area (Å²) in [5.74, 6) is 2.05. The summed E-state index contributed by atoms with van der Waals surface area (Å²) in [4.78, 5) is 34.4. The number of terminal acetylenes is 1. The van der Waals surface area contributed by atoms with Gasteiger partial charge in [0.25, 0.3) is 6.47 Å². The van der Waals surface area contributed by atoms with Crippen LogP contribution in [0.4, 0.5) is 0 Å². The zero-order valence-electron chi connectivity index (χ0n) is 19.7. The van der Waals surface area contributed by atoms with Gasteiger partial charge >= 0.3 is 116 Å². The van der Waals surface area contributed by atoms with Gasteiger partial charge in [0.2, 0.25) is 5.78 Å². The van der Waals surface area contributed by atoms with Gasteiger partial charge in [0, 0.05) is 32.0 Å². The van der Waals surface area contributed by atoms with Crippen molar-refractivity contribution in [3.63, 3.8) is 0 Å². The number of carbonyl (C=O) groups is 3. The van der Waals surface area contributed by atoms with E-state index in [0.717, 1.165) is 40.3 Å². The first-order valence-corrected chi connectivity index (χ1v) is 9.62.